The number of carbonyl (C=O) groups is 1. The summed E-state index contributed by atoms with van der Waals surface area (Å²) >= 11 is 0. The van der Waals surface area contributed by atoms with E-state index in [1.165, 1.54) is 0 Å². The predicted octanol–water partition coefficient (Wildman–Crippen LogP) is 2.33. The van der Waals surface area contributed by atoms with Crippen molar-refractivity contribution in [3.05, 3.63) is 48.0 Å². The molecule has 0 aliphatic carbocycles. The first-order chi connectivity index (χ1) is 10.5. The van der Waals surface area contributed by atoms with E-state index in [9.17, 15) is 4.79 Å². The lowest BCUT2D eigenvalue weighted by atomic mass is 9.99. The number of aliphatic carboxylic acids is 1. The quantitative estimate of drug-likeness (QED) is 0.855. The number of benzene rings is 2. The first-order valence-corrected chi connectivity index (χ1v) is 6.85. The molecule has 0 spiro atoms. The van der Waals surface area contributed by atoms with Gasteiger partial charge in [-0.25, -0.2) is 0 Å². The van der Waals surface area contributed by atoms with Gasteiger partial charge in [-0.2, -0.15) is 0 Å². The first-order valence-electron chi connectivity index (χ1n) is 6.85. The third-order valence-corrected chi connectivity index (χ3v) is 3.42. The number of hydrogen-bond acceptors (Lipinski definition) is 4. The van der Waals surface area contributed by atoms with Crippen molar-refractivity contribution in [1.29, 1.82) is 0 Å². The van der Waals surface area contributed by atoms with E-state index in [1.807, 2.05) is 42.5 Å². The summed E-state index contributed by atoms with van der Waals surface area (Å²) in [6.07, 6.45) is 0.279. The molecule has 1 atom stereocenters. The maximum Gasteiger partial charge on any atom is 0.320 e. The second kappa shape index (κ2) is 6.95. The number of carboxylic acids is 1. The lowest BCUT2D eigenvalue weighted by Gasteiger charge is -2.12. The highest BCUT2D eigenvalue weighted by atomic mass is 16.5. The Balaban J connectivity index is 2.35. The van der Waals surface area contributed by atoms with E-state index in [4.69, 9.17) is 20.3 Å². The number of carboxylic acid groups (broad SMARTS) is 1. The molecule has 0 amide bonds. The number of nitrogens with two attached hydrogens (primary N) is 1. The Hall–Kier alpha value is -2.53. The average Bonchev–Trinajstić information content (AvgIpc) is 2.54. The molecule has 0 radical (unpaired) electrons. The van der Waals surface area contributed by atoms with Crippen LogP contribution >= 0.6 is 0 Å². The van der Waals surface area contributed by atoms with Gasteiger partial charge in [-0.3, -0.25) is 4.79 Å². The molecule has 22 heavy (non-hydrogen) atoms. The standard InChI is InChI=1S/C17H19NO4/c1-21-13-6-7-14(16(10-13)22-2)12-5-3-4-11(8-12)9-15(18)17(19)20/h3-8,10,15H,9,18H2,1-2H3,(H,19,20). The summed E-state index contributed by atoms with van der Waals surface area (Å²) < 4.78 is 10.6. The number of ether oxygens (including phenoxy) is 2. The highest BCUT2D eigenvalue weighted by Crippen LogP contribution is 2.33. The Kier molecular flexibility index (Phi) is 5.01. The van der Waals surface area contributed by atoms with Crippen molar-refractivity contribution in [3.63, 3.8) is 0 Å². The van der Waals surface area contributed by atoms with Crippen molar-refractivity contribution < 1.29 is 19.4 Å². The van der Waals surface area contributed by atoms with Crippen molar-refractivity contribution in [2.45, 2.75) is 12.5 Å². The largest absolute Gasteiger partial charge is 0.497 e. The molecular formula is C17H19NO4. The van der Waals surface area contributed by atoms with Crippen LogP contribution in [-0.4, -0.2) is 31.3 Å². The molecule has 0 bridgehead atoms. The van der Waals surface area contributed by atoms with Gasteiger partial charge in [-0.05, 0) is 29.7 Å². The highest BCUT2D eigenvalue weighted by Gasteiger charge is 2.13. The molecular weight excluding hydrogens is 282 g/mol. The van der Waals surface area contributed by atoms with Crippen LogP contribution in [0, 0.1) is 0 Å². The van der Waals surface area contributed by atoms with E-state index in [-0.39, 0.29) is 6.42 Å². The van der Waals surface area contributed by atoms with Crippen LogP contribution in [0.15, 0.2) is 42.5 Å². The SMILES string of the molecule is COc1ccc(-c2cccc(CC(N)C(=O)O)c2)c(OC)c1. The van der Waals surface area contributed by atoms with Gasteiger partial charge in [0.2, 0.25) is 0 Å². The lowest BCUT2D eigenvalue weighted by Crippen LogP contribution is -2.32. The fourth-order valence-corrected chi connectivity index (χ4v) is 2.24. The van der Waals surface area contributed by atoms with Gasteiger partial charge in [0, 0.05) is 11.6 Å². The summed E-state index contributed by atoms with van der Waals surface area (Å²) in [5, 5.41) is 8.91. The third kappa shape index (κ3) is 3.56. The summed E-state index contributed by atoms with van der Waals surface area (Å²) in [5.41, 5.74) is 8.31. The van der Waals surface area contributed by atoms with E-state index in [1.54, 1.807) is 14.2 Å². The van der Waals surface area contributed by atoms with Crippen molar-refractivity contribution in [2.75, 3.05) is 14.2 Å². The second-order valence-corrected chi connectivity index (χ2v) is 4.92. The van der Waals surface area contributed by atoms with Crippen molar-refractivity contribution in [3.8, 4) is 22.6 Å². The van der Waals surface area contributed by atoms with Crippen LogP contribution in [-0.2, 0) is 11.2 Å². The van der Waals surface area contributed by atoms with Crippen LogP contribution in [0.4, 0.5) is 0 Å². The molecule has 0 aromatic heterocycles. The zero-order valence-electron chi connectivity index (χ0n) is 12.6. The molecule has 5 heteroatoms. The van der Waals surface area contributed by atoms with Gasteiger partial charge < -0.3 is 20.3 Å². The molecule has 1 unspecified atom stereocenters. The van der Waals surface area contributed by atoms with E-state index in [0.717, 1.165) is 16.7 Å². The third-order valence-electron chi connectivity index (χ3n) is 3.42. The number of hydrogen-bond donors (Lipinski definition) is 2. The zero-order chi connectivity index (χ0) is 16.1. The van der Waals surface area contributed by atoms with Crippen LogP contribution in [0.3, 0.4) is 0 Å². The molecule has 0 heterocycles. The minimum atomic E-state index is -1.01. The minimum absolute atomic E-state index is 0.279. The molecule has 3 N–H and O–H groups in total. The van der Waals surface area contributed by atoms with Crippen LogP contribution in [0.25, 0.3) is 11.1 Å². The summed E-state index contributed by atoms with van der Waals surface area (Å²) in [7, 11) is 3.20. The fourth-order valence-electron chi connectivity index (χ4n) is 2.24. The highest BCUT2D eigenvalue weighted by molar-refractivity contribution is 5.74. The first kappa shape index (κ1) is 15.9. The number of methoxy groups -OCH3 is 2. The maximum absolute atomic E-state index is 10.9. The van der Waals surface area contributed by atoms with Crippen LogP contribution in [0.1, 0.15) is 5.56 Å². The smallest absolute Gasteiger partial charge is 0.320 e. The van der Waals surface area contributed by atoms with E-state index >= 15 is 0 Å². The van der Waals surface area contributed by atoms with Crippen LogP contribution in [0.5, 0.6) is 11.5 Å². The Morgan fingerprint density at radius 3 is 2.59 bits per heavy atom. The second-order valence-electron chi connectivity index (χ2n) is 4.92. The van der Waals surface area contributed by atoms with Gasteiger partial charge in [-0.1, -0.05) is 24.3 Å². The van der Waals surface area contributed by atoms with Crippen LogP contribution < -0.4 is 15.2 Å². The van der Waals surface area contributed by atoms with Gasteiger partial charge in [0.25, 0.3) is 0 Å². The summed E-state index contributed by atoms with van der Waals surface area (Å²) in [4.78, 5) is 10.9. The molecule has 2 aromatic rings. The van der Waals surface area contributed by atoms with Gasteiger partial charge in [-0.15, -0.1) is 0 Å². The van der Waals surface area contributed by atoms with E-state index in [0.29, 0.717) is 11.5 Å². The number of rotatable bonds is 6. The molecule has 0 saturated heterocycles. The topological polar surface area (TPSA) is 81.8 Å². The van der Waals surface area contributed by atoms with Crippen molar-refractivity contribution in [2.24, 2.45) is 5.73 Å². The Morgan fingerprint density at radius 2 is 1.95 bits per heavy atom. The summed E-state index contributed by atoms with van der Waals surface area (Å²) in [6.45, 7) is 0. The molecule has 0 fully saturated rings. The maximum atomic E-state index is 10.9. The lowest BCUT2D eigenvalue weighted by molar-refractivity contribution is -0.138. The van der Waals surface area contributed by atoms with E-state index < -0.39 is 12.0 Å². The molecule has 0 aliphatic heterocycles. The molecule has 0 saturated carbocycles. The van der Waals surface area contributed by atoms with Gasteiger partial charge >= 0.3 is 5.97 Å². The molecule has 5 nitrogen and oxygen atoms in total. The molecule has 2 aromatic carbocycles. The Bertz CT molecular complexity index is 669. The van der Waals surface area contributed by atoms with E-state index in [2.05, 4.69) is 0 Å². The summed E-state index contributed by atoms with van der Waals surface area (Å²) in [6, 6.07) is 12.3. The normalized spacial score (nSPS) is 11.8. The van der Waals surface area contributed by atoms with Crippen molar-refractivity contribution in [1.82, 2.24) is 0 Å². The van der Waals surface area contributed by atoms with Gasteiger partial charge in [0.1, 0.15) is 17.5 Å². The average molecular weight is 301 g/mol. The Morgan fingerprint density at radius 1 is 1.18 bits per heavy atom. The Labute approximate surface area is 129 Å². The molecule has 0 aliphatic rings. The van der Waals surface area contributed by atoms with Crippen molar-refractivity contribution >= 4 is 5.97 Å². The van der Waals surface area contributed by atoms with Gasteiger partial charge in [0.15, 0.2) is 0 Å². The predicted molar refractivity (Wildman–Crippen MR) is 84.3 cm³/mol. The molecule has 116 valence electrons. The minimum Gasteiger partial charge on any atom is -0.497 e. The molecule has 2 rings (SSSR count). The zero-order valence-corrected chi connectivity index (χ0v) is 12.6. The fraction of sp³-hybridized carbons (Fsp3) is 0.235. The van der Waals surface area contributed by atoms with Gasteiger partial charge in [0.05, 0.1) is 14.2 Å². The summed E-state index contributed by atoms with van der Waals surface area (Å²) in [5.74, 6) is 0.399. The van der Waals surface area contributed by atoms with Crippen LogP contribution in [0.2, 0.25) is 0 Å². The monoisotopic (exact) mass is 301 g/mol.